The molecule has 0 saturated heterocycles. The van der Waals surface area contributed by atoms with Gasteiger partial charge in [-0.05, 0) is 37.4 Å². The summed E-state index contributed by atoms with van der Waals surface area (Å²) < 4.78 is 0. The van der Waals surface area contributed by atoms with Crippen molar-refractivity contribution in [2.45, 2.75) is 57.8 Å². The van der Waals surface area contributed by atoms with Gasteiger partial charge in [0.15, 0.2) is 0 Å². The largest absolute Gasteiger partial charge is 0.481 e. The molecule has 0 aromatic rings. The molecular formula is C13H24O4S. The monoisotopic (exact) mass is 276 g/mol. The van der Waals surface area contributed by atoms with Gasteiger partial charge in [0.25, 0.3) is 0 Å². The number of hydrogen-bond acceptors (Lipinski definition) is 3. The molecule has 0 rings (SSSR count). The van der Waals surface area contributed by atoms with Gasteiger partial charge in [-0.1, -0.05) is 19.3 Å². The van der Waals surface area contributed by atoms with Crippen molar-refractivity contribution >= 4 is 24.6 Å². The van der Waals surface area contributed by atoms with Crippen LogP contribution < -0.4 is 0 Å². The Bertz CT molecular complexity index is 243. The SMILES string of the molecule is O=C(O)CCCCC[C@@H](CS)CCCCC(=O)O. The molecule has 0 radical (unpaired) electrons. The molecule has 0 aromatic carbocycles. The van der Waals surface area contributed by atoms with Gasteiger partial charge in [0.05, 0.1) is 0 Å². The van der Waals surface area contributed by atoms with Gasteiger partial charge in [0.2, 0.25) is 0 Å². The minimum atomic E-state index is -0.730. The first-order valence-corrected chi connectivity index (χ1v) is 7.24. The first kappa shape index (κ1) is 17.3. The number of carboxylic acid groups (broad SMARTS) is 2. The fourth-order valence-electron chi connectivity index (χ4n) is 1.92. The summed E-state index contributed by atoms with van der Waals surface area (Å²) in [4.78, 5) is 20.7. The van der Waals surface area contributed by atoms with Crippen molar-refractivity contribution in [3.63, 3.8) is 0 Å². The van der Waals surface area contributed by atoms with E-state index in [1.165, 1.54) is 0 Å². The van der Waals surface area contributed by atoms with Crippen LogP contribution in [0.15, 0.2) is 0 Å². The first-order chi connectivity index (χ1) is 8.56. The van der Waals surface area contributed by atoms with Crippen molar-refractivity contribution in [3.8, 4) is 0 Å². The highest BCUT2D eigenvalue weighted by Gasteiger charge is 2.07. The predicted molar refractivity (Wildman–Crippen MR) is 74.2 cm³/mol. The van der Waals surface area contributed by atoms with Gasteiger partial charge in [-0.25, -0.2) is 0 Å². The van der Waals surface area contributed by atoms with E-state index in [9.17, 15) is 9.59 Å². The molecule has 2 N–H and O–H groups in total. The lowest BCUT2D eigenvalue weighted by Crippen LogP contribution is -2.04. The van der Waals surface area contributed by atoms with E-state index < -0.39 is 11.9 Å². The highest BCUT2D eigenvalue weighted by atomic mass is 32.1. The highest BCUT2D eigenvalue weighted by Crippen LogP contribution is 2.19. The molecule has 0 saturated carbocycles. The molecule has 18 heavy (non-hydrogen) atoms. The smallest absolute Gasteiger partial charge is 0.303 e. The number of hydrogen-bond donors (Lipinski definition) is 3. The minimum Gasteiger partial charge on any atom is -0.481 e. The summed E-state index contributed by atoms with van der Waals surface area (Å²) in [5, 5.41) is 17.0. The van der Waals surface area contributed by atoms with Crippen LogP contribution in [0.4, 0.5) is 0 Å². The third-order valence-corrected chi connectivity index (χ3v) is 3.53. The maximum atomic E-state index is 10.3. The maximum absolute atomic E-state index is 10.3. The van der Waals surface area contributed by atoms with E-state index in [-0.39, 0.29) is 12.8 Å². The van der Waals surface area contributed by atoms with E-state index in [1.807, 2.05) is 0 Å². The maximum Gasteiger partial charge on any atom is 0.303 e. The lowest BCUT2D eigenvalue weighted by molar-refractivity contribution is -0.138. The number of thiol groups is 1. The van der Waals surface area contributed by atoms with Crippen LogP contribution in [0, 0.1) is 5.92 Å². The average Bonchev–Trinajstić information content (AvgIpc) is 2.30. The Labute approximate surface area is 114 Å². The zero-order valence-electron chi connectivity index (χ0n) is 10.8. The number of carbonyl (C=O) groups is 2. The molecule has 1 atom stereocenters. The lowest BCUT2D eigenvalue weighted by atomic mass is 9.96. The van der Waals surface area contributed by atoms with E-state index in [4.69, 9.17) is 10.2 Å². The molecule has 0 spiro atoms. The standard InChI is InChI=1S/C13H24O4S/c14-12(15)8-3-1-2-6-11(10-18)7-4-5-9-13(16)17/h11,18H,1-10H2,(H,14,15)(H,16,17)/t11-/m1/s1. The van der Waals surface area contributed by atoms with Crippen LogP contribution >= 0.6 is 12.6 Å². The number of carboxylic acids is 2. The van der Waals surface area contributed by atoms with Gasteiger partial charge in [0.1, 0.15) is 0 Å². The van der Waals surface area contributed by atoms with E-state index >= 15 is 0 Å². The predicted octanol–water partition coefficient (Wildman–Crippen LogP) is 3.21. The van der Waals surface area contributed by atoms with Crippen LogP contribution in [-0.4, -0.2) is 27.9 Å². The third-order valence-electron chi connectivity index (χ3n) is 3.01. The second-order valence-electron chi connectivity index (χ2n) is 4.68. The van der Waals surface area contributed by atoms with Crippen molar-refractivity contribution in [2.75, 3.05) is 5.75 Å². The van der Waals surface area contributed by atoms with Gasteiger partial charge < -0.3 is 10.2 Å². The Morgan fingerprint density at radius 3 is 1.72 bits per heavy atom. The molecule has 0 aliphatic heterocycles. The van der Waals surface area contributed by atoms with Gasteiger partial charge >= 0.3 is 11.9 Å². The quantitative estimate of drug-likeness (QED) is 0.378. The fourth-order valence-corrected chi connectivity index (χ4v) is 2.29. The molecule has 0 bridgehead atoms. The molecule has 4 nitrogen and oxygen atoms in total. The Kier molecular flexibility index (Phi) is 10.9. The normalized spacial score (nSPS) is 12.3. The van der Waals surface area contributed by atoms with Crippen molar-refractivity contribution in [2.24, 2.45) is 5.92 Å². The van der Waals surface area contributed by atoms with Gasteiger partial charge in [-0.2, -0.15) is 12.6 Å². The minimum absolute atomic E-state index is 0.248. The fraction of sp³-hybridized carbons (Fsp3) is 0.846. The van der Waals surface area contributed by atoms with Gasteiger partial charge in [-0.3, -0.25) is 9.59 Å². The summed E-state index contributed by atoms with van der Waals surface area (Å²) >= 11 is 4.31. The number of rotatable bonds is 12. The Morgan fingerprint density at radius 2 is 1.28 bits per heavy atom. The Hall–Kier alpha value is -0.710. The van der Waals surface area contributed by atoms with Crippen LogP contribution in [0.3, 0.4) is 0 Å². The van der Waals surface area contributed by atoms with Gasteiger partial charge in [-0.15, -0.1) is 0 Å². The lowest BCUT2D eigenvalue weighted by Gasteiger charge is -2.13. The second kappa shape index (κ2) is 11.4. The van der Waals surface area contributed by atoms with Crippen molar-refractivity contribution in [1.29, 1.82) is 0 Å². The van der Waals surface area contributed by atoms with Gasteiger partial charge in [0, 0.05) is 12.8 Å². The molecule has 0 aliphatic rings. The molecular weight excluding hydrogens is 252 g/mol. The first-order valence-electron chi connectivity index (χ1n) is 6.60. The summed E-state index contributed by atoms with van der Waals surface area (Å²) in [5.74, 6) is -0.0982. The summed E-state index contributed by atoms with van der Waals surface area (Å²) in [6, 6.07) is 0. The van der Waals surface area contributed by atoms with E-state index in [0.29, 0.717) is 5.92 Å². The molecule has 5 heteroatoms. The van der Waals surface area contributed by atoms with Crippen molar-refractivity contribution < 1.29 is 19.8 Å². The third kappa shape index (κ3) is 11.8. The molecule has 0 heterocycles. The molecule has 0 aliphatic carbocycles. The van der Waals surface area contributed by atoms with Crippen LogP contribution in [0.25, 0.3) is 0 Å². The zero-order valence-corrected chi connectivity index (χ0v) is 11.7. The molecule has 0 unspecified atom stereocenters. The molecule has 0 aromatic heterocycles. The topological polar surface area (TPSA) is 74.6 Å². The summed E-state index contributed by atoms with van der Waals surface area (Å²) in [6.07, 6.45) is 7.00. The van der Waals surface area contributed by atoms with Crippen molar-refractivity contribution in [3.05, 3.63) is 0 Å². The molecule has 106 valence electrons. The van der Waals surface area contributed by atoms with Crippen LogP contribution in [0.1, 0.15) is 57.8 Å². The van der Waals surface area contributed by atoms with Crippen LogP contribution in [0.2, 0.25) is 0 Å². The van der Waals surface area contributed by atoms with Crippen molar-refractivity contribution in [1.82, 2.24) is 0 Å². The molecule has 0 fully saturated rings. The van der Waals surface area contributed by atoms with E-state index in [2.05, 4.69) is 12.6 Å². The second-order valence-corrected chi connectivity index (χ2v) is 5.05. The molecule has 0 amide bonds. The highest BCUT2D eigenvalue weighted by molar-refractivity contribution is 7.80. The van der Waals surface area contributed by atoms with E-state index in [1.54, 1.807) is 0 Å². The average molecular weight is 276 g/mol. The number of unbranched alkanes of at least 4 members (excludes halogenated alkanes) is 3. The van der Waals surface area contributed by atoms with Crippen LogP contribution in [-0.2, 0) is 9.59 Å². The Morgan fingerprint density at radius 1 is 0.833 bits per heavy atom. The Balaban J connectivity index is 3.46. The van der Waals surface area contributed by atoms with Crippen LogP contribution in [0.5, 0.6) is 0 Å². The summed E-state index contributed by atoms with van der Waals surface area (Å²) in [6.45, 7) is 0. The zero-order chi connectivity index (χ0) is 13.8. The summed E-state index contributed by atoms with van der Waals surface area (Å²) in [5.41, 5.74) is 0. The summed E-state index contributed by atoms with van der Waals surface area (Å²) in [7, 11) is 0. The number of aliphatic carboxylic acids is 2. The van der Waals surface area contributed by atoms with E-state index in [0.717, 1.165) is 50.7 Å².